The van der Waals surface area contributed by atoms with Crippen molar-refractivity contribution in [1.29, 1.82) is 0 Å². The molecule has 0 spiro atoms. The summed E-state index contributed by atoms with van der Waals surface area (Å²) in [5.74, 6) is -0.410. The third kappa shape index (κ3) is 8.75. The molecule has 0 saturated carbocycles. The molecule has 0 aliphatic rings. The summed E-state index contributed by atoms with van der Waals surface area (Å²) in [5.41, 5.74) is 0. The molecule has 7 heteroatoms. The van der Waals surface area contributed by atoms with Gasteiger partial charge in [0.15, 0.2) is 0 Å². The molecule has 0 saturated heterocycles. The van der Waals surface area contributed by atoms with Crippen LogP contribution in [0.2, 0.25) is 0 Å². The molecule has 0 rings (SSSR count). The first kappa shape index (κ1) is 15.1. The highest BCUT2D eigenvalue weighted by Gasteiger charge is 2.19. The quantitative estimate of drug-likeness (QED) is 0.528. The number of aliphatic hydroxyl groups is 1. The fraction of sp³-hybridized carbons (Fsp3) is 0.714. The summed E-state index contributed by atoms with van der Waals surface area (Å²) in [7, 11) is 4.71. The number of hydrogen-bond acceptors (Lipinski definition) is 5. The van der Waals surface area contributed by atoms with E-state index in [2.05, 4.69) is 4.74 Å². The molecule has 1 unspecified atom stereocenters. The van der Waals surface area contributed by atoms with Crippen LogP contribution in [0.1, 0.15) is 0 Å². The number of carboxylic acid groups (broad SMARTS) is 2. The molecule has 1 atom stereocenters. The Morgan fingerprint density at radius 3 is 1.79 bits per heavy atom. The number of aliphatic hydroxyl groups excluding tert-OH is 1. The lowest BCUT2D eigenvalue weighted by molar-refractivity contribution is -0.147. The van der Waals surface area contributed by atoms with Gasteiger partial charge in [0, 0.05) is 0 Å². The molecule has 0 amide bonds. The van der Waals surface area contributed by atoms with Gasteiger partial charge in [-0.15, -0.1) is 0 Å². The highest BCUT2D eigenvalue weighted by Crippen LogP contribution is 1.93. The predicted molar refractivity (Wildman–Crippen MR) is 47.2 cm³/mol. The molecular weight excluding hydrogens is 194 g/mol. The number of hydrogen-bond donors (Lipinski definition) is 3. The SMILES string of the molecule is COC(=O)C(CO)N(C)C.O=C(O)O. The van der Waals surface area contributed by atoms with E-state index in [4.69, 9.17) is 20.1 Å². The number of methoxy groups -OCH3 is 1. The molecule has 0 bridgehead atoms. The number of likely N-dealkylation sites (N-methyl/N-ethyl adjacent to an activating group) is 1. The van der Waals surface area contributed by atoms with Gasteiger partial charge < -0.3 is 20.1 Å². The maximum atomic E-state index is 10.8. The van der Waals surface area contributed by atoms with Gasteiger partial charge >= 0.3 is 12.1 Å². The smallest absolute Gasteiger partial charge is 0.468 e. The van der Waals surface area contributed by atoms with Crippen LogP contribution in [0.3, 0.4) is 0 Å². The highest BCUT2D eigenvalue weighted by atomic mass is 16.6. The van der Waals surface area contributed by atoms with E-state index in [1.165, 1.54) is 7.11 Å². The van der Waals surface area contributed by atoms with Crippen molar-refractivity contribution >= 4 is 12.1 Å². The van der Waals surface area contributed by atoms with Crippen molar-refractivity contribution in [3.63, 3.8) is 0 Å². The molecule has 0 aliphatic carbocycles. The molecule has 84 valence electrons. The summed E-state index contributed by atoms with van der Waals surface area (Å²) in [6.45, 7) is -0.209. The minimum Gasteiger partial charge on any atom is -0.468 e. The predicted octanol–water partition coefficient (Wildman–Crippen LogP) is -0.696. The molecule has 0 radical (unpaired) electrons. The zero-order chi connectivity index (χ0) is 11.7. The van der Waals surface area contributed by atoms with Gasteiger partial charge in [-0.25, -0.2) is 4.79 Å². The molecule has 0 aliphatic heterocycles. The lowest BCUT2D eigenvalue weighted by atomic mass is 10.3. The minimum atomic E-state index is -1.83. The van der Waals surface area contributed by atoms with Crippen molar-refractivity contribution in [2.75, 3.05) is 27.8 Å². The van der Waals surface area contributed by atoms with Gasteiger partial charge in [-0.2, -0.15) is 0 Å². The van der Waals surface area contributed by atoms with Gasteiger partial charge in [-0.1, -0.05) is 0 Å². The molecule has 0 aromatic carbocycles. The summed E-state index contributed by atoms with van der Waals surface area (Å²) in [6.07, 6.45) is -1.83. The van der Waals surface area contributed by atoms with Gasteiger partial charge in [0.1, 0.15) is 6.04 Å². The Labute approximate surface area is 81.5 Å². The average molecular weight is 209 g/mol. The van der Waals surface area contributed by atoms with Gasteiger partial charge in [-0.05, 0) is 14.1 Å². The van der Waals surface area contributed by atoms with Crippen LogP contribution >= 0.6 is 0 Å². The van der Waals surface area contributed by atoms with Crippen LogP contribution in [0.4, 0.5) is 4.79 Å². The second kappa shape index (κ2) is 8.27. The standard InChI is InChI=1S/C6H13NO3.CH2O3/c1-7(2)5(4-8)6(9)10-3;2-1(3)4/h5,8H,4H2,1-3H3;(H2,2,3,4). The van der Waals surface area contributed by atoms with Gasteiger partial charge in [0.2, 0.25) is 0 Å². The molecule has 0 aromatic heterocycles. The number of carbonyl (C=O) groups is 2. The van der Waals surface area contributed by atoms with E-state index in [9.17, 15) is 4.79 Å². The lowest BCUT2D eigenvalue weighted by Gasteiger charge is -2.18. The fourth-order valence-corrected chi connectivity index (χ4v) is 0.585. The van der Waals surface area contributed by atoms with E-state index >= 15 is 0 Å². The minimum absolute atomic E-state index is 0.209. The molecule has 14 heavy (non-hydrogen) atoms. The van der Waals surface area contributed by atoms with E-state index in [1.54, 1.807) is 19.0 Å². The number of esters is 1. The van der Waals surface area contributed by atoms with Crippen molar-refractivity contribution in [3.05, 3.63) is 0 Å². The normalized spacial score (nSPS) is 11.2. The summed E-state index contributed by atoms with van der Waals surface area (Å²) >= 11 is 0. The molecule has 3 N–H and O–H groups in total. The third-order valence-corrected chi connectivity index (χ3v) is 1.27. The highest BCUT2D eigenvalue weighted by molar-refractivity contribution is 5.75. The van der Waals surface area contributed by atoms with E-state index < -0.39 is 18.2 Å². The lowest BCUT2D eigenvalue weighted by Crippen LogP contribution is -2.39. The van der Waals surface area contributed by atoms with Crippen molar-refractivity contribution in [2.45, 2.75) is 6.04 Å². The topological polar surface area (TPSA) is 107 Å². The molecule has 0 heterocycles. The molecule has 0 fully saturated rings. The maximum Gasteiger partial charge on any atom is 0.503 e. The Morgan fingerprint density at radius 1 is 1.36 bits per heavy atom. The van der Waals surface area contributed by atoms with Crippen molar-refractivity contribution in [3.8, 4) is 0 Å². The van der Waals surface area contributed by atoms with E-state index in [1.807, 2.05) is 0 Å². The maximum absolute atomic E-state index is 10.8. The van der Waals surface area contributed by atoms with Gasteiger partial charge in [0.05, 0.1) is 13.7 Å². The molecular formula is C7H15NO6. The largest absolute Gasteiger partial charge is 0.503 e. The first-order valence-electron chi connectivity index (χ1n) is 3.63. The second-order valence-corrected chi connectivity index (χ2v) is 2.47. The zero-order valence-corrected chi connectivity index (χ0v) is 8.30. The average Bonchev–Trinajstić information content (AvgIpc) is 2.03. The molecule has 0 aromatic rings. The number of carbonyl (C=O) groups excluding carboxylic acids is 1. The Morgan fingerprint density at radius 2 is 1.71 bits per heavy atom. The summed E-state index contributed by atoms with van der Waals surface area (Å²) in [6, 6.07) is -0.537. The van der Waals surface area contributed by atoms with Crippen LogP contribution in [0, 0.1) is 0 Å². The Bertz CT molecular complexity index is 177. The number of ether oxygens (including phenoxy) is 1. The molecule has 7 nitrogen and oxygen atoms in total. The Kier molecular flexibility index (Phi) is 8.94. The van der Waals surface area contributed by atoms with Gasteiger partial charge in [-0.3, -0.25) is 9.69 Å². The summed E-state index contributed by atoms with van der Waals surface area (Å²) in [4.78, 5) is 20.9. The van der Waals surface area contributed by atoms with Crippen LogP contribution in [0.25, 0.3) is 0 Å². The van der Waals surface area contributed by atoms with Gasteiger partial charge in [0.25, 0.3) is 0 Å². The Balaban J connectivity index is 0. The van der Waals surface area contributed by atoms with Crippen molar-refractivity contribution in [1.82, 2.24) is 4.90 Å². The first-order chi connectivity index (χ1) is 6.36. The summed E-state index contributed by atoms with van der Waals surface area (Å²) < 4.78 is 4.42. The fourth-order valence-electron chi connectivity index (χ4n) is 0.585. The van der Waals surface area contributed by atoms with Crippen LogP contribution in [-0.4, -0.2) is 66.2 Å². The van der Waals surface area contributed by atoms with Crippen LogP contribution in [-0.2, 0) is 9.53 Å². The number of nitrogens with zero attached hydrogens (tertiary/aromatic N) is 1. The zero-order valence-electron chi connectivity index (χ0n) is 8.30. The number of rotatable bonds is 3. The monoisotopic (exact) mass is 209 g/mol. The van der Waals surface area contributed by atoms with Crippen molar-refractivity contribution in [2.24, 2.45) is 0 Å². The van der Waals surface area contributed by atoms with Crippen LogP contribution in [0.5, 0.6) is 0 Å². The summed E-state index contributed by atoms with van der Waals surface area (Å²) in [5, 5.41) is 22.6. The van der Waals surface area contributed by atoms with E-state index in [0.29, 0.717) is 0 Å². The Hall–Kier alpha value is -1.34. The van der Waals surface area contributed by atoms with Crippen LogP contribution in [0.15, 0.2) is 0 Å². The van der Waals surface area contributed by atoms with E-state index in [0.717, 1.165) is 0 Å². The second-order valence-electron chi connectivity index (χ2n) is 2.47. The van der Waals surface area contributed by atoms with Crippen molar-refractivity contribution < 1.29 is 29.6 Å². The van der Waals surface area contributed by atoms with Crippen LogP contribution < -0.4 is 0 Å². The first-order valence-corrected chi connectivity index (χ1v) is 3.63. The van der Waals surface area contributed by atoms with E-state index in [-0.39, 0.29) is 6.61 Å². The third-order valence-electron chi connectivity index (χ3n) is 1.27.